The Morgan fingerprint density at radius 1 is 1.35 bits per heavy atom. The number of hydrogen-bond donors (Lipinski definition) is 2. The van der Waals surface area contributed by atoms with Crippen molar-refractivity contribution in [2.24, 2.45) is 5.92 Å². The van der Waals surface area contributed by atoms with Gasteiger partial charge in [-0.15, -0.1) is 11.3 Å². The predicted molar refractivity (Wildman–Crippen MR) is 86.4 cm³/mol. The Hall–Kier alpha value is -1.10. The van der Waals surface area contributed by atoms with Gasteiger partial charge in [0.2, 0.25) is 5.91 Å². The molecule has 0 saturated carbocycles. The zero-order valence-corrected chi connectivity index (χ0v) is 13.3. The lowest BCUT2D eigenvalue weighted by Crippen LogP contribution is -2.35. The van der Waals surface area contributed by atoms with E-state index in [2.05, 4.69) is 30.5 Å². The maximum Gasteiger partial charge on any atom is 0.233 e. The highest BCUT2D eigenvalue weighted by molar-refractivity contribution is 7.19. The number of benzene rings is 1. The van der Waals surface area contributed by atoms with Gasteiger partial charge >= 0.3 is 0 Å². The van der Waals surface area contributed by atoms with Crippen molar-refractivity contribution in [3.05, 3.63) is 34.2 Å². The molecule has 0 aliphatic rings. The lowest BCUT2D eigenvalue weighted by atomic mass is 10.2. The van der Waals surface area contributed by atoms with Crippen molar-refractivity contribution in [2.75, 3.05) is 13.1 Å². The standard InChI is InChI=1S/C15H19ClN2OS/c1-10(2)7-18-14(19)9-17-8-13-15(16)11-5-3-4-6-12(11)20-13/h3-6,10,17H,7-9H2,1-2H3,(H,18,19). The molecule has 20 heavy (non-hydrogen) atoms. The first-order valence-corrected chi connectivity index (χ1v) is 7.90. The summed E-state index contributed by atoms with van der Waals surface area (Å²) in [6, 6.07) is 8.07. The topological polar surface area (TPSA) is 41.1 Å². The largest absolute Gasteiger partial charge is 0.355 e. The number of halogens is 1. The second kappa shape index (κ2) is 7.07. The van der Waals surface area contributed by atoms with Gasteiger partial charge in [-0.05, 0) is 12.0 Å². The highest BCUT2D eigenvalue weighted by Crippen LogP contribution is 2.34. The smallest absolute Gasteiger partial charge is 0.233 e. The molecule has 1 amide bonds. The van der Waals surface area contributed by atoms with Crippen LogP contribution in [0.15, 0.2) is 24.3 Å². The second-order valence-electron chi connectivity index (χ2n) is 5.14. The fraction of sp³-hybridized carbons (Fsp3) is 0.400. The summed E-state index contributed by atoms with van der Waals surface area (Å²) in [4.78, 5) is 12.7. The van der Waals surface area contributed by atoms with Crippen LogP contribution in [-0.4, -0.2) is 19.0 Å². The van der Waals surface area contributed by atoms with Crippen molar-refractivity contribution in [3.63, 3.8) is 0 Å². The lowest BCUT2D eigenvalue weighted by Gasteiger charge is -2.08. The van der Waals surface area contributed by atoms with Gasteiger partial charge in [-0.25, -0.2) is 0 Å². The molecule has 0 fully saturated rings. The van der Waals surface area contributed by atoms with Crippen molar-refractivity contribution >= 4 is 38.9 Å². The molecule has 108 valence electrons. The monoisotopic (exact) mass is 310 g/mol. The summed E-state index contributed by atoms with van der Waals surface area (Å²) in [6.07, 6.45) is 0. The van der Waals surface area contributed by atoms with Gasteiger partial charge in [0.25, 0.3) is 0 Å². The average Bonchev–Trinajstić information content (AvgIpc) is 2.74. The molecule has 2 N–H and O–H groups in total. The average molecular weight is 311 g/mol. The van der Waals surface area contributed by atoms with Crippen LogP contribution in [0.3, 0.4) is 0 Å². The predicted octanol–water partition coefficient (Wildman–Crippen LogP) is 3.42. The Morgan fingerprint density at radius 3 is 2.80 bits per heavy atom. The third kappa shape index (κ3) is 3.95. The van der Waals surface area contributed by atoms with Crippen LogP contribution >= 0.6 is 22.9 Å². The van der Waals surface area contributed by atoms with Crippen LogP contribution < -0.4 is 10.6 Å². The second-order valence-corrected chi connectivity index (χ2v) is 6.65. The molecule has 0 aliphatic carbocycles. The van der Waals surface area contributed by atoms with Crippen molar-refractivity contribution in [2.45, 2.75) is 20.4 Å². The number of thiophene rings is 1. The molecule has 2 aromatic rings. The fourth-order valence-corrected chi connectivity index (χ4v) is 3.32. The Balaban J connectivity index is 1.87. The molecule has 3 nitrogen and oxygen atoms in total. The molecule has 1 aromatic carbocycles. The highest BCUT2D eigenvalue weighted by atomic mass is 35.5. The summed E-state index contributed by atoms with van der Waals surface area (Å²) >= 11 is 8.01. The highest BCUT2D eigenvalue weighted by Gasteiger charge is 2.10. The molecule has 0 bridgehead atoms. The van der Waals surface area contributed by atoms with Gasteiger partial charge in [0.15, 0.2) is 0 Å². The fourth-order valence-electron chi connectivity index (χ4n) is 1.85. The zero-order chi connectivity index (χ0) is 14.5. The Bertz CT molecular complexity index is 595. The molecule has 0 radical (unpaired) electrons. The van der Waals surface area contributed by atoms with Crippen LogP contribution in [0.1, 0.15) is 18.7 Å². The number of fused-ring (bicyclic) bond motifs is 1. The molecule has 0 spiro atoms. The minimum atomic E-state index is 0.0240. The third-order valence-electron chi connectivity index (χ3n) is 2.88. The molecule has 5 heteroatoms. The quantitative estimate of drug-likeness (QED) is 0.858. The van der Waals surface area contributed by atoms with Crippen molar-refractivity contribution in [3.8, 4) is 0 Å². The number of carbonyl (C=O) groups is 1. The van der Waals surface area contributed by atoms with Gasteiger partial charge in [0, 0.05) is 28.1 Å². The number of nitrogens with one attached hydrogen (secondary N) is 2. The van der Waals surface area contributed by atoms with E-state index < -0.39 is 0 Å². The van der Waals surface area contributed by atoms with E-state index in [0.29, 0.717) is 25.6 Å². The molecule has 2 rings (SSSR count). The normalized spacial score (nSPS) is 11.2. The van der Waals surface area contributed by atoms with Gasteiger partial charge in [-0.2, -0.15) is 0 Å². The van der Waals surface area contributed by atoms with E-state index in [1.165, 1.54) is 4.70 Å². The molecule has 1 heterocycles. The van der Waals surface area contributed by atoms with Crippen molar-refractivity contribution in [1.29, 1.82) is 0 Å². The summed E-state index contributed by atoms with van der Waals surface area (Å²) in [5.41, 5.74) is 0. The summed E-state index contributed by atoms with van der Waals surface area (Å²) in [6.45, 7) is 5.80. The Kier molecular flexibility index (Phi) is 5.40. The van der Waals surface area contributed by atoms with E-state index in [-0.39, 0.29) is 5.91 Å². The number of carbonyl (C=O) groups excluding carboxylic acids is 1. The minimum absolute atomic E-state index is 0.0240. The molecular formula is C15H19ClN2OS. The number of amides is 1. The van der Waals surface area contributed by atoms with Crippen LogP contribution in [0.25, 0.3) is 10.1 Å². The molecule has 0 aliphatic heterocycles. The summed E-state index contributed by atoms with van der Waals surface area (Å²) in [5.74, 6) is 0.493. The lowest BCUT2D eigenvalue weighted by molar-refractivity contribution is -0.120. The van der Waals surface area contributed by atoms with Crippen LogP contribution in [0.4, 0.5) is 0 Å². The van der Waals surface area contributed by atoms with Gasteiger partial charge in [0.1, 0.15) is 0 Å². The van der Waals surface area contributed by atoms with E-state index in [4.69, 9.17) is 11.6 Å². The minimum Gasteiger partial charge on any atom is -0.355 e. The van der Waals surface area contributed by atoms with E-state index in [0.717, 1.165) is 15.3 Å². The zero-order valence-electron chi connectivity index (χ0n) is 11.7. The van der Waals surface area contributed by atoms with Crippen LogP contribution in [-0.2, 0) is 11.3 Å². The van der Waals surface area contributed by atoms with E-state index in [1.54, 1.807) is 11.3 Å². The van der Waals surface area contributed by atoms with Gasteiger partial charge in [0.05, 0.1) is 11.6 Å². The van der Waals surface area contributed by atoms with Crippen molar-refractivity contribution < 1.29 is 4.79 Å². The van der Waals surface area contributed by atoms with Crippen LogP contribution in [0, 0.1) is 5.92 Å². The first-order valence-electron chi connectivity index (χ1n) is 6.71. The SMILES string of the molecule is CC(C)CNC(=O)CNCc1sc2ccccc2c1Cl. The van der Waals surface area contributed by atoms with E-state index in [1.807, 2.05) is 18.2 Å². The maximum absolute atomic E-state index is 11.6. The molecule has 0 atom stereocenters. The third-order valence-corrected chi connectivity index (χ3v) is 4.59. The molecule has 1 aromatic heterocycles. The van der Waals surface area contributed by atoms with Gasteiger partial charge in [-0.1, -0.05) is 43.6 Å². The molecule has 0 unspecified atom stereocenters. The molecule has 0 saturated heterocycles. The first-order chi connectivity index (χ1) is 9.58. The Morgan fingerprint density at radius 2 is 2.10 bits per heavy atom. The van der Waals surface area contributed by atoms with Gasteiger partial charge < -0.3 is 10.6 Å². The first kappa shape index (κ1) is 15.3. The number of hydrogen-bond acceptors (Lipinski definition) is 3. The van der Waals surface area contributed by atoms with Crippen LogP contribution in [0.2, 0.25) is 5.02 Å². The molecular weight excluding hydrogens is 292 g/mol. The number of rotatable bonds is 6. The van der Waals surface area contributed by atoms with E-state index in [9.17, 15) is 4.79 Å². The van der Waals surface area contributed by atoms with Crippen LogP contribution in [0.5, 0.6) is 0 Å². The summed E-state index contributed by atoms with van der Waals surface area (Å²) in [5, 5.41) is 7.90. The van der Waals surface area contributed by atoms with E-state index >= 15 is 0 Å². The van der Waals surface area contributed by atoms with Crippen molar-refractivity contribution in [1.82, 2.24) is 10.6 Å². The Labute approximate surface area is 128 Å². The summed E-state index contributed by atoms with van der Waals surface area (Å²) in [7, 11) is 0. The summed E-state index contributed by atoms with van der Waals surface area (Å²) < 4.78 is 1.18. The maximum atomic E-state index is 11.6. The van der Waals surface area contributed by atoms with Gasteiger partial charge in [-0.3, -0.25) is 4.79 Å².